The van der Waals surface area contributed by atoms with E-state index in [0.717, 1.165) is 36.6 Å². The fourth-order valence-corrected chi connectivity index (χ4v) is 4.54. The van der Waals surface area contributed by atoms with E-state index in [-0.39, 0.29) is 11.3 Å². The smallest absolute Gasteiger partial charge is 0.260 e. The van der Waals surface area contributed by atoms with Crippen molar-refractivity contribution in [2.45, 2.75) is 31.3 Å². The molecule has 0 fully saturated rings. The van der Waals surface area contributed by atoms with Crippen LogP contribution in [0.25, 0.3) is 10.2 Å². The van der Waals surface area contributed by atoms with Crippen LogP contribution < -0.4 is 10.7 Å². The fraction of sp³-hybridized carbons (Fsp3) is 0.462. The van der Waals surface area contributed by atoms with Gasteiger partial charge in [0.15, 0.2) is 5.16 Å². The molecule has 1 N–H and O–H groups in total. The molecule has 0 spiro atoms. The summed E-state index contributed by atoms with van der Waals surface area (Å²) in [6, 6.07) is 0. The number of H-pyrrole nitrogens is 1. The molecule has 3 rings (SSSR count). The quantitative estimate of drug-likeness (QED) is 0.674. The van der Waals surface area contributed by atoms with E-state index >= 15 is 0 Å². The van der Waals surface area contributed by atoms with Gasteiger partial charge in [-0.3, -0.25) is 4.79 Å². The van der Waals surface area contributed by atoms with Gasteiger partial charge in [0.2, 0.25) is 0 Å². The van der Waals surface area contributed by atoms with Crippen LogP contribution in [0.15, 0.2) is 9.95 Å². The van der Waals surface area contributed by atoms with Crippen LogP contribution in [0.2, 0.25) is 0 Å². The van der Waals surface area contributed by atoms with Gasteiger partial charge in [-0.25, -0.2) is 4.98 Å². The monoisotopic (exact) mass is 309 g/mol. The number of carboxylic acids is 1. The Labute approximate surface area is 123 Å². The van der Waals surface area contributed by atoms with Crippen molar-refractivity contribution >= 4 is 39.3 Å². The van der Waals surface area contributed by atoms with Gasteiger partial charge in [-0.05, 0) is 30.7 Å². The maximum atomic E-state index is 12.2. The number of hydrogen-bond acceptors (Lipinski definition) is 6. The maximum absolute atomic E-state index is 12.2. The lowest BCUT2D eigenvalue weighted by molar-refractivity contribution is -0.301. The van der Waals surface area contributed by atoms with E-state index in [1.165, 1.54) is 4.88 Å². The van der Waals surface area contributed by atoms with Gasteiger partial charge < -0.3 is 14.9 Å². The number of aliphatic carboxylic acids is 1. The fourth-order valence-electron chi connectivity index (χ4n) is 2.52. The molecule has 1 atom stereocenters. The minimum Gasteiger partial charge on any atom is -0.549 e. The summed E-state index contributed by atoms with van der Waals surface area (Å²) < 4.78 is 0. The number of carbonyl (C=O) groups excluding carboxylic acids is 1. The van der Waals surface area contributed by atoms with Crippen molar-refractivity contribution in [3.63, 3.8) is 0 Å². The molecule has 2 heterocycles. The average molecular weight is 309 g/mol. The van der Waals surface area contributed by atoms with Gasteiger partial charge in [-0.1, -0.05) is 18.7 Å². The summed E-state index contributed by atoms with van der Waals surface area (Å²) in [7, 11) is 0. The Bertz CT molecular complexity index is 735. The van der Waals surface area contributed by atoms with Gasteiger partial charge in [-0.15, -0.1) is 11.3 Å². The number of fused-ring (bicyclic) bond motifs is 3. The van der Waals surface area contributed by atoms with E-state index in [9.17, 15) is 14.7 Å². The summed E-state index contributed by atoms with van der Waals surface area (Å²) in [5.74, 6) is -0.741. The molecule has 0 radical (unpaired) electrons. The normalized spacial score (nSPS) is 18.1. The number of hydrogen-bond donors (Lipinski definition) is 1. The molecule has 0 saturated carbocycles. The summed E-state index contributed by atoms with van der Waals surface area (Å²) in [5.41, 5.74) is 0.969. The summed E-state index contributed by atoms with van der Waals surface area (Å²) >= 11 is 2.54. The summed E-state index contributed by atoms with van der Waals surface area (Å²) in [6.45, 7) is 2.21. The Kier molecular flexibility index (Phi) is 3.55. The molecule has 7 heteroatoms. The van der Waals surface area contributed by atoms with E-state index in [0.29, 0.717) is 21.3 Å². The van der Waals surface area contributed by atoms with Gasteiger partial charge >= 0.3 is 0 Å². The minimum atomic E-state index is -1.17. The first kappa shape index (κ1) is 13.6. The van der Waals surface area contributed by atoms with Crippen molar-refractivity contribution < 1.29 is 9.90 Å². The standard InChI is InChI=1S/C13H14N2O3S2/c1-6-2-3-7-8(4-6)20-12-10(7)11(18)14-13(15-12)19-5-9(16)17/h6H,2-5H2,1H3,(H,16,17)(H,14,15,18)/p-1/t6-/m1/s1. The second-order valence-electron chi connectivity index (χ2n) is 5.06. The van der Waals surface area contributed by atoms with Gasteiger partial charge in [-0.2, -0.15) is 0 Å². The van der Waals surface area contributed by atoms with Crippen molar-refractivity contribution in [3.8, 4) is 0 Å². The van der Waals surface area contributed by atoms with Gasteiger partial charge in [0.1, 0.15) is 4.83 Å². The van der Waals surface area contributed by atoms with Gasteiger partial charge in [0, 0.05) is 10.6 Å². The molecule has 0 bridgehead atoms. The second kappa shape index (κ2) is 5.21. The highest BCUT2D eigenvalue weighted by Crippen LogP contribution is 2.35. The van der Waals surface area contributed by atoms with Crippen molar-refractivity contribution in [3.05, 3.63) is 20.8 Å². The van der Waals surface area contributed by atoms with Gasteiger partial charge in [0.25, 0.3) is 5.56 Å². The van der Waals surface area contributed by atoms with E-state index in [2.05, 4.69) is 16.9 Å². The molecular weight excluding hydrogens is 296 g/mol. The molecule has 2 aromatic heterocycles. The zero-order valence-corrected chi connectivity index (χ0v) is 12.5. The van der Waals surface area contributed by atoms with Crippen molar-refractivity contribution in [1.29, 1.82) is 0 Å². The number of aryl methyl sites for hydroxylation is 1. The summed E-state index contributed by atoms with van der Waals surface area (Å²) in [6.07, 6.45) is 3.02. The van der Waals surface area contributed by atoms with E-state index in [1.54, 1.807) is 11.3 Å². The zero-order chi connectivity index (χ0) is 14.3. The van der Waals surface area contributed by atoms with E-state index in [4.69, 9.17) is 0 Å². The predicted molar refractivity (Wildman–Crippen MR) is 77.2 cm³/mol. The number of thioether (sulfide) groups is 1. The lowest BCUT2D eigenvalue weighted by atomic mass is 9.89. The summed E-state index contributed by atoms with van der Waals surface area (Å²) in [5, 5.41) is 11.5. The largest absolute Gasteiger partial charge is 0.549 e. The minimum absolute atomic E-state index is 0.164. The first-order chi connectivity index (χ1) is 9.54. The van der Waals surface area contributed by atoms with E-state index < -0.39 is 5.97 Å². The number of aromatic amines is 1. The van der Waals surface area contributed by atoms with E-state index in [1.807, 2.05) is 0 Å². The highest BCUT2D eigenvalue weighted by Gasteiger charge is 2.22. The third-order valence-electron chi connectivity index (χ3n) is 3.47. The first-order valence-electron chi connectivity index (χ1n) is 6.42. The predicted octanol–water partition coefficient (Wildman–Crippen LogP) is 0.951. The maximum Gasteiger partial charge on any atom is 0.260 e. The van der Waals surface area contributed by atoms with Crippen molar-refractivity contribution in [1.82, 2.24) is 9.97 Å². The zero-order valence-electron chi connectivity index (χ0n) is 10.9. The molecule has 5 nitrogen and oxygen atoms in total. The van der Waals surface area contributed by atoms with Crippen LogP contribution in [0.1, 0.15) is 23.8 Å². The average Bonchev–Trinajstić information content (AvgIpc) is 2.73. The Hall–Kier alpha value is -1.34. The third-order valence-corrected chi connectivity index (χ3v) is 5.47. The molecule has 106 valence electrons. The SMILES string of the molecule is C[C@@H]1CCc2c(sc3nc(SCC(=O)[O-])[nH]c(=O)c23)C1. The van der Waals surface area contributed by atoms with Crippen molar-refractivity contribution in [2.24, 2.45) is 5.92 Å². The second-order valence-corrected chi connectivity index (χ2v) is 7.11. The van der Waals surface area contributed by atoms with Crippen LogP contribution in [0.4, 0.5) is 0 Å². The van der Waals surface area contributed by atoms with Crippen LogP contribution in [0, 0.1) is 5.92 Å². The molecule has 0 aliphatic heterocycles. The number of nitrogens with zero attached hydrogens (tertiary/aromatic N) is 1. The molecule has 2 aromatic rings. The molecule has 1 aliphatic rings. The Morgan fingerprint density at radius 3 is 3.15 bits per heavy atom. The van der Waals surface area contributed by atoms with Crippen LogP contribution >= 0.6 is 23.1 Å². The highest BCUT2D eigenvalue weighted by molar-refractivity contribution is 7.99. The van der Waals surface area contributed by atoms with Gasteiger partial charge in [0.05, 0.1) is 11.4 Å². The Morgan fingerprint density at radius 1 is 1.60 bits per heavy atom. The Balaban J connectivity index is 2.05. The third kappa shape index (κ3) is 2.47. The number of nitrogens with one attached hydrogen (secondary N) is 1. The number of rotatable bonds is 3. The van der Waals surface area contributed by atoms with Crippen LogP contribution in [-0.4, -0.2) is 21.7 Å². The molecule has 0 amide bonds. The van der Waals surface area contributed by atoms with Crippen LogP contribution in [0.5, 0.6) is 0 Å². The highest BCUT2D eigenvalue weighted by atomic mass is 32.2. The number of aromatic nitrogens is 2. The molecule has 0 saturated heterocycles. The number of carboxylic acid groups (broad SMARTS) is 1. The number of carbonyl (C=O) groups is 1. The first-order valence-corrected chi connectivity index (χ1v) is 8.22. The number of thiophene rings is 1. The van der Waals surface area contributed by atoms with Crippen LogP contribution in [0.3, 0.4) is 0 Å². The van der Waals surface area contributed by atoms with Crippen molar-refractivity contribution in [2.75, 3.05) is 5.75 Å². The molecule has 0 aromatic carbocycles. The van der Waals surface area contributed by atoms with Crippen LogP contribution in [-0.2, 0) is 17.6 Å². The molecule has 1 aliphatic carbocycles. The lowest BCUT2D eigenvalue weighted by Crippen LogP contribution is -2.24. The molecular formula is C13H13N2O3S2-. The molecule has 0 unspecified atom stereocenters. The molecule has 20 heavy (non-hydrogen) atoms. The topological polar surface area (TPSA) is 85.9 Å². The Morgan fingerprint density at radius 2 is 2.40 bits per heavy atom. The lowest BCUT2D eigenvalue weighted by Gasteiger charge is -2.17. The summed E-state index contributed by atoms with van der Waals surface area (Å²) in [4.78, 5) is 31.7.